The molecule has 0 amide bonds. The molecule has 4 aromatic rings. The lowest BCUT2D eigenvalue weighted by atomic mass is 9.86. The number of hydrogen-bond acceptors (Lipinski definition) is 9. The molecule has 2 aliphatic rings. The molecule has 4 heterocycles. The van der Waals surface area contributed by atoms with E-state index < -0.39 is 0 Å². The van der Waals surface area contributed by atoms with Gasteiger partial charge in [-0.15, -0.1) is 0 Å². The van der Waals surface area contributed by atoms with E-state index in [0.717, 1.165) is 152 Å². The van der Waals surface area contributed by atoms with Crippen molar-refractivity contribution >= 4 is 5.71 Å². The van der Waals surface area contributed by atoms with Crippen LogP contribution in [0.4, 0.5) is 0 Å². The molecule has 0 aliphatic carbocycles. The van der Waals surface area contributed by atoms with E-state index in [-0.39, 0.29) is 5.92 Å². The van der Waals surface area contributed by atoms with Crippen molar-refractivity contribution in [1.29, 1.82) is 0 Å². The molecule has 1 atom stereocenters. The molecular formula is C47H65N9. The summed E-state index contributed by atoms with van der Waals surface area (Å²) in [4.78, 5) is 19.9. The minimum Gasteiger partial charge on any atom is -0.311 e. The molecular weight excluding hydrogens is 691 g/mol. The van der Waals surface area contributed by atoms with E-state index in [1.165, 1.54) is 22.3 Å². The first-order valence-corrected chi connectivity index (χ1v) is 21.2. The Kier molecular flexibility index (Phi) is 17.2. The molecule has 298 valence electrons. The summed E-state index contributed by atoms with van der Waals surface area (Å²) in [5.41, 5.74) is 10.9. The van der Waals surface area contributed by atoms with Gasteiger partial charge in [0.2, 0.25) is 0 Å². The molecule has 6 rings (SSSR count). The maximum atomic E-state index is 4.93. The highest BCUT2D eigenvalue weighted by Gasteiger charge is 2.20. The normalized spacial score (nSPS) is 19.4. The monoisotopic (exact) mass is 756 g/mol. The third-order valence-electron chi connectivity index (χ3n) is 10.6. The van der Waals surface area contributed by atoms with Gasteiger partial charge >= 0.3 is 0 Å². The third-order valence-corrected chi connectivity index (χ3v) is 10.6. The fourth-order valence-corrected chi connectivity index (χ4v) is 7.91. The van der Waals surface area contributed by atoms with Crippen molar-refractivity contribution in [2.75, 3.05) is 65.4 Å². The maximum Gasteiger partial charge on any atom is 0.0545 e. The fraction of sp³-hybridized carbons (Fsp3) is 0.468. The van der Waals surface area contributed by atoms with Crippen LogP contribution in [0.15, 0.2) is 108 Å². The summed E-state index contributed by atoms with van der Waals surface area (Å²) >= 11 is 0. The van der Waals surface area contributed by atoms with Crippen molar-refractivity contribution in [3.63, 3.8) is 0 Å². The van der Waals surface area contributed by atoms with Crippen LogP contribution in [0, 0.1) is 0 Å². The summed E-state index contributed by atoms with van der Waals surface area (Å²) in [7, 11) is 0. The molecule has 2 aromatic heterocycles. The minimum absolute atomic E-state index is 0.0527. The lowest BCUT2D eigenvalue weighted by molar-refractivity contribution is 0.256. The summed E-state index contributed by atoms with van der Waals surface area (Å²) in [6.45, 7) is 17.6. The van der Waals surface area contributed by atoms with Crippen LogP contribution in [0.2, 0.25) is 0 Å². The molecule has 2 bridgehead atoms. The first-order valence-electron chi connectivity index (χ1n) is 21.2. The Labute approximate surface area is 336 Å². The molecule has 4 N–H and O–H groups in total. The highest BCUT2D eigenvalue weighted by Crippen LogP contribution is 2.32. The van der Waals surface area contributed by atoms with Gasteiger partial charge in [0.15, 0.2) is 0 Å². The highest BCUT2D eigenvalue weighted by molar-refractivity contribution is 5.84. The smallest absolute Gasteiger partial charge is 0.0545 e. The standard InChI is InChI=1S/C47H65N9/c1-3-13-43-33-49-22-10-27-55(26-9-21-48-32-38(2)53-43)36-39-14-6-16-41(30-39)47(46-20-4-5-25-52-46)42-17-7-15-40(31-42)37-56-28-11-23-50-34-44-18-8-19-45(54-44)35-51-24-12-29-56/h4-8,13-20,25,30-31,47-51H,3,9-12,21-24,26-29,32-37H2,1-2H3/b43-13-,53-38?. The molecule has 0 radical (unpaired) electrons. The van der Waals surface area contributed by atoms with Gasteiger partial charge in [0, 0.05) is 51.2 Å². The van der Waals surface area contributed by atoms with Crippen LogP contribution >= 0.6 is 0 Å². The number of pyridine rings is 2. The molecule has 56 heavy (non-hydrogen) atoms. The average molecular weight is 756 g/mol. The molecule has 0 saturated heterocycles. The zero-order valence-electron chi connectivity index (χ0n) is 34.0. The summed E-state index contributed by atoms with van der Waals surface area (Å²) in [5, 5.41) is 14.5. The van der Waals surface area contributed by atoms with Crippen LogP contribution in [0.5, 0.6) is 0 Å². The van der Waals surface area contributed by atoms with Crippen LogP contribution < -0.4 is 21.3 Å². The zero-order chi connectivity index (χ0) is 38.6. The Morgan fingerprint density at radius 3 is 1.70 bits per heavy atom. The predicted octanol–water partition coefficient (Wildman–Crippen LogP) is 6.66. The topological polar surface area (TPSA) is 92.7 Å². The van der Waals surface area contributed by atoms with E-state index in [9.17, 15) is 0 Å². The second-order valence-corrected chi connectivity index (χ2v) is 15.4. The number of nitrogens with zero attached hydrogens (tertiary/aromatic N) is 5. The Morgan fingerprint density at radius 1 is 0.625 bits per heavy atom. The van der Waals surface area contributed by atoms with E-state index in [2.05, 4.69) is 130 Å². The molecule has 0 saturated carbocycles. The van der Waals surface area contributed by atoms with E-state index in [0.29, 0.717) is 0 Å². The average Bonchev–Trinajstić information content (AvgIpc) is 3.20. The second kappa shape index (κ2) is 23.2. The quantitative estimate of drug-likeness (QED) is 0.159. The van der Waals surface area contributed by atoms with Gasteiger partial charge in [0.05, 0.1) is 28.7 Å². The molecule has 1 unspecified atom stereocenters. The number of allylic oxidation sites excluding steroid dienone is 1. The minimum atomic E-state index is 0.0527. The number of aromatic nitrogens is 2. The van der Waals surface area contributed by atoms with Crippen molar-refractivity contribution in [2.45, 2.75) is 78.0 Å². The first-order chi connectivity index (χ1) is 27.6. The summed E-state index contributed by atoms with van der Waals surface area (Å²) in [6.07, 6.45) is 9.60. The number of fused-ring (bicyclic) bond motifs is 2. The maximum absolute atomic E-state index is 4.93. The van der Waals surface area contributed by atoms with Crippen molar-refractivity contribution in [1.82, 2.24) is 41.0 Å². The van der Waals surface area contributed by atoms with Crippen LogP contribution in [0.3, 0.4) is 0 Å². The molecule has 9 nitrogen and oxygen atoms in total. The zero-order valence-corrected chi connectivity index (χ0v) is 34.0. The summed E-state index contributed by atoms with van der Waals surface area (Å²) in [6, 6.07) is 31.2. The highest BCUT2D eigenvalue weighted by atomic mass is 15.1. The van der Waals surface area contributed by atoms with Crippen molar-refractivity contribution in [3.8, 4) is 0 Å². The van der Waals surface area contributed by atoms with Crippen LogP contribution in [0.1, 0.15) is 91.2 Å². The van der Waals surface area contributed by atoms with Gasteiger partial charge in [-0.05, 0) is 138 Å². The Bertz CT molecular complexity index is 1780. The number of hydrogen-bond donors (Lipinski definition) is 4. The van der Waals surface area contributed by atoms with Gasteiger partial charge in [0.1, 0.15) is 0 Å². The van der Waals surface area contributed by atoms with Gasteiger partial charge < -0.3 is 21.3 Å². The largest absolute Gasteiger partial charge is 0.311 e. The molecule has 0 spiro atoms. The Hall–Kier alpha value is -4.09. The van der Waals surface area contributed by atoms with Gasteiger partial charge in [0.25, 0.3) is 0 Å². The van der Waals surface area contributed by atoms with Crippen molar-refractivity contribution in [2.24, 2.45) is 4.99 Å². The fourth-order valence-electron chi connectivity index (χ4n) is 7.91. The molecule has 2 aliphatic heterocycles. The number of nitrogens with one attached hydrogen (secondary N) is 4. The van der Waals surface area contributed by atoms with Gasteiger partial charge in [-0.3, -0.25) is 24.8 Å². The summed E-state index contributed by atoms with van der Waals surface area (Å²) < 4.78 is 0. The second-order valence-electron chi connectivity index (χ2n) is 15.4. The lowest BCUT2D eigenvalue weighted by Gasteiger charge is -2.25. The Balaban J connectivity index is 1.14. The lowest BCUT2D eigenvalue weighted by Crippen LogP contribution is -2.32. The van der Waals surface area contributed by atoms with E-state index in [1.54, 1.807) is 0 Å². The van der Waals surface area contributed by atoms with Crippen molar-refractivity contribution < 1.29 is 0 Å². The van der Waals surface area contributed by atoms with Crippen LogP contribution in [-0.2, 0) is 26.2 Å². The Morgan fingerprint density at radius 2 is 1.16 bits per heavy atom. The molecule has 9 heteroatoms. The van der Waals surface area contributed by atoms with E-state index >= 15 is 0 Å². The number of benzene rings is 2. The predicted molar refractivity (Wildman–Crippen MR) is 232 cm³/mol. The molecule has 2 aromatic carbocycles. The summed E-state index contributed by atoms with van der Waals surface area (Å²) in [5.74, 6) is 0.0527. The number of rotatable bonds is 8. The molecule has 0 fully saturated rings. The number of aliphatic imine (C=N–C) groups is 1. The van der Waals surface area contributed by atoms with E-state index in [1.807, 2.05) is 12.3 Å². The van der Waals surface area contributed by atoms with Crippen LogP contribution in [-0.4, -0.2) is 90.9 Å². The van der Waals surface area contributed by atoms with Crippen molar-refractivity contribution in [3.05, 3.63) is 142 Å². The van der Waals surface area contributed by atoms with Gasteiger partial charge in [-0.2, -0.15) is 0 Å². The van der Waals surface area contributed by atoms with E-state index in [4.69, 9.17) is 15.0 Å². The van der Waals surface area contributed by atoms with Gasteiger partial charge in [-0.25, -0.2) is 0 Å². The third kappa shape index (κ3) is 13.8. The first kappa shape index (κ1) is 41.5. The van der Waals surface area contributed by atoms with Gasteiger partial charge in [-0.1, -0.05) is 73.7 Å². The SMILES string of the molecule is CC/C=C1/CNCCCN(Cc2cccc(C(c3cccc(CN4CCCNCc5cccc(n5)CNCCC4)c3)c3ccccn3)c2)CCCNCC(C)=N1. The van der Waals surface area contributed by atoms with Crippen LogP contribution in [0.25, 0.3) is 0 Å².